The maximum Gasteiger partial charge on any atom is 0.319 e. The molecule has 0 saturated heterocycles. The summed E-state index contributed by atoms with van der Waals surface area (Å²) >= 11 is 0. The van der Waals surface area contributed by atoms with E-state index in [1.807, 2.05) is 13.8 Å². The predicted molar refractivity (Wildman–Crippen MR) is 86.0 cm³/mol. The summed E-state index contributed by atoms with van der Waals surface area (Å²) in [5.74, 6) is -0.156. The number of urea groups is 1. The lowest BCUT2D eigenvalue weighted by atomic mass is 10.2. The average molecular weight is 305 g/mol. The maximum atomic E-state index is 12.0. The van der Waals surface area contributed by atoms with Gasteiger partial charge in [-0.25, -0.2) is 4.79 Å². The Morgan fingerprint density at radius 1 is 1.14 bits per heavy atom. The Balaban J connectivity index is 1.85. The third kappa shape index (κ3) is 5.04. The molecule has 3 amide bonds. The Morgan fingerprint density at radius 3 is 2.23 bits per heavy atom. The summed E-state index contributed by atoms with van der Waals surface area (Å²) in [6, 6.07) is 7.14. The third-order valence-corrected chi connectivity index (χ3v) is 3.35. The van der Waals surface area contributed by atoms with Crippen LogP contribution in [-0.2, 0) is 9.53 Å². The highest BCUT2D eigenvalue weighted by Crippen LogP contribution is 2.19. The topological polar surface area (TPSA) is 79.5 Å². The van der Waals surface area contributed by atoms with Crippen LogP contribution in [0.25, 0.3) is 0 Å². The summed E-state index contributed by atoms with van der Waals surface area (Å²) in [6.45, 7) is 4.28. The number of carbonyl (C=O) groups excluding carboxylic acids is 2. The second-order valence-electron chi connectivity index (χ2n) is 5.29. The molecule has 2 rings (SSSR count). The average Bonchev–Trinajstić information content (AvgIpc) is 3.30. The Morgan fingerprint density at radius 2 is 1.73 bits per heavy atom. The summed E-state index contributed by atoms with van der Waals surface area (Å²) < 4.78 is 5.37. The van der Waals surface area contributed by atoms with Crippen molar-refractivity contribution in [3.63, 3.8) is 0 Å². The Hall–Kier alpha value is -2.08. The van der Waals surface area contributed by atoms with E-state index in [4.69, 9.17) is 4.74 Å². The number of anilines is 2. The molecule has 1 saturated carbocycles. The van der Waals surface area contributed by atoms with Crippen molar-refractivity contribution >= 4 is 23.3 Å². The summed E-state index contributed by atoms with van der Waals surface area (Å²) in [5, 5.41) is 8.42. The Bertz CT molecular complexity index is 512. The molecule has 1 aliphatic rings. The van der Waals surface area contributed by atoms with Gasteiger partial charge in [0.25, 0.3) is 5.91 Å². The molecular formula is C16H23N3O3. The number of ether oxygens (including phenoxy) is 1. The van der Waals surface area contributed by atoms with Crippen LogP contribution in [0.15, 0.2) is 24.3 Å². The second kappa shape index (κ2) is 7.79. The van der Waals surface area contributed by atoms with Crippen LogP contribution in [-0.4, -0.2) is 30.7 Å². The van der Waals surface area contributed by atoms with Gasteiger partial charge < -0.3 is 20.7 Å². The molecule has 1 fully saturated rings. The molecule has 3 N–H and O–H groups in total. The van der Waals surface area contributed by atoms with E-state index in [1.165, 1.54) is 0 Å². The van der Waals surface area contributed by atoms with E-state index >= 15 is 0 Å². The molecule has 0 spiro atoms. The number of benzene rings is 1. The summed E-state index contributed by atoms with van der Waals surface area (Å²) in [7, 11) is 0. The molecular weight excluding hydrogens is 282 g/mol. The zero-order valence-corrected chi connectivity index (χ0v) is 13.0. The van der Waals surface area contributed by atoms with Crippen LogP contribution in [0, 0.1) is 0 Å². The largest absolute Gasteiger partial charge is 0.369 e. The molecule has 0 aliphatic heterocycles. The van der Waals surface area contributed by atoms with Gasteiger partial charge in [0, 0.05) is 24.0 Å². The quantitative estimate of drug-likeness (QED) is 0.724. The lowest BCUT2D eigenvalue weighted by molar-refractivity contribution is -0.127. The number of carbonyl (C=O) groups is 2. The van der Waals surface area contributed by atoms with Crippen LogP contribution in [0.1, 0.15) is 33.1 Å². The minimum Gasteiger partial charge on any atom is -0.369 e. The minimum atomic E-state index is -0.438. The molecule has 0 heterocycles. The van der Waals surface area contributed by atoms with Crippen molar-refractivity contribution in [3.05, 3.63) is 24.3 Å². The zero-order valence-electron chi connectivity index (χ0n) is 13.0. The van der Waals surface area contributed by atoms with Crippen LogP contribution in [0.3, 0.4) is 0 Å². The summed E-state index contributed by atoms with van der Waals surface area (Å²) in [5.41, 5.74) is 1.37. The van der Waals surface area contributed by atoms with E-state index in [9.17, 15) is 9.59 Å². The number of hydrogen-bond donors (Lipinski definition) is 3. The Labute approximate surface area is 130 Å². The van der Waals surface area contributed by atoms with Crippen LogP contribution in [0.5, 0.6) is 0 Å². The van der Waals surface area contributed by atoms with Gasteiger partial charge in [-0.3, -0.25) is 4.79 Å². The molecule has 0 bridgehead atoms. The molecule has 1 aliphatic carbocycles. The first-order chi connectivity index (χ1) is 10.6. The molecule has 0 aromatic heterocycles. The van der Waals surface area contributed by atoms with Crippen molar-refractivity contribution in [1.82, 2.24) is 5.32 Å². The standard InChI is InChI=1S/C16H23N3O3/c1-3-14(22-4-2)15(20)17-11-5-7-12(8-6-11)18-16(21)19-13-9-10-13/h5-8,13-14H,3-4,9-10H2,1-2H3,(H,17,20)(H2,18,19,21). The van der Waals surface area contributed by atoms with E-state index < -0.39 is 6.10 Å². The molecule has 1 aromatic rings. The first kappa shape index (κ1) is 16.3. The van der Waals surface area contributed by atoms with Crippen molar-refractivity contribution in [1.29, 1.82) is 0 Å². The van der Waals surface area contributed by atoms with Gasteiger partial charge >= 0.3 is 6.03 Å². The van der Waals surface area contributed by atoms with E-state index in [-0.39, 0.29) is 11.9 Å². The summed E-state index contributed by atoms with van der Waals surface area (Å²) in [4.78, 5) is 23.6. The fraction of sp³-hybridized carbons (Fsp3) is 0.500. The highest BCUT2D eigenvalue weighted by molar-refractivity contribution is 5.95. The van der Waals surface area contributed by atoms with Gasteiger partial charge in [-0.2, -0.15) is 0 Å². The van der Waals surface area contributed by atoms with Crippen LogP contribution >= 0.6 is 0 Å². The number of nitrogens with one attached hydrogen (secondary N) is 3. The molecule has 1 unspecified atom stereocenters. The van der Waals surface area contributed by atoms with Crippen molar-refractivity contribution < 1.29 is 14.3 Å². The van der Waals surface area contributed by atoms with Crippen LogP contribution in [0.2, 0.25) is 0 Å². The normalized spacial score (nSPS) is 15.0. The molecule has 6 nitrogen and oxygen atoms in total. The highest BCUT2D eigenvalue weighted by Gasteiger charge is 2.23. The van der Waals surface area contributed by atoms with Gasteiger partial charge in [-0.15, -0.1) is 0 Å². The predicted octanol–water partition coefficient (Wildman–Crippen LogP) is 2.72. The maximum absolute atomic E-state index is 12.0. The van der Waals surface area contributed by atoms with Crippen LogP contribution in [0.4, 0.5) is 16.2 Å². The van der Waals surface area contributed by atoms with Crippen molar-refractivity contribution in [2.75, 3.05) is 17.2 Å². The molecule has 22 heavy (non-hydrogen) atoms. The zero-order chi connectivity index (χ0) is 15.9. The van der Waals surface area contributed by atoms with Crippen LogP contribution < -0.4 is 16.0 Å². The minimum absolute atomic E-state index is 0.156. The van der Waals surface area contributed by atoms with Crippen molar-refractivity contribution in [2.45, 2.75) is 45.3 Å². The Kier molecular flexibility index (Phi) is 5.77. The van der Waals surface area contributed by atoms with Gasteiger partial charge in [0.05, 0.1) is 0 Å². The van der Waals surface area contributed by atoms with Gasteiger partial charge in [-0.1, -0.05) is 6.92 Å². The van der Waals surface area contributed by atoms with E-state index in [1.54, 1.807) is 24.3 Å². The fourth-order valence-corrected chi connectivity index (χ4v) is 2.02. The van der Waals surface area contributed by atoms with Gasteiger partial charge in [0.1, 0.15) is 6.10 Å². The van der Waals surface area contributed by atoms with E-state index in [2.05, 4.69) is 16.0 Å². The summed E-state index contributed by atoms with van der Waals surface area (Å²) in [6.07, 6.45) is 2.29. The first-order valence-electron chi connectivity index (χ1n) is 7.72. The molecule has 1 aromatic carbocycles. The molecule has 120 valence electrons. The second-order valence-corrected chi connectivity index (χ2v) is 5.29. The van der Waals surface area contributed by atoms with E-state index in [0.29, 0.717) is 30.4 Å². The lowest BCUT2D eigenvalue weighted by Crippen LogP contribution is -2.30. The monoisotopic (exact) mass is 305 g/mol. The van der Waals surface area contributed by atoms with Crippen molar-refractivity contribution in [2.24, 2.45) is 0 Å². The fourth-order valence-electron chi connectivity index (χ4n) is 2.02. The smallest absolute Gasteiger partial charge is 0.319 e. The number of rotatable bonds is 7. The molecule has 6 heteroatoms. The molecule has 0 radical (unpaired) electrons. The van der Waals surface area contributed by atoms with Gasteiger partial charge in [-0.05, 0) is 50.5 Å². The van der Waals surface area contributed by atoms with Crippen molar-refractivity contribution in [3.8, 4) is 0 Å². The number of hydrogen-bond acceptors (Lipinski definition) is 3. The lowest BCUT2D eigenvalue weighted by Gasteiger charge is -2.15. The van der Waals surface area contributed by atoms with E-state index in [0.717, 1.165) is 12.8 Å². The van der Waals surface area contributed by atoms with Gasteiger partial charge in [0.2, 0.25) is 0 Å². The van der Waals surface area contributed by atoms with Gasteiger partial charge in [0.15, 0.2) is 0 Å². The first-order valence-corrected chi connectivity index (χ1v) is 7.72. The SMILES string of the molecule is CCOC(CC)C(=O)Nc1ccc(NC(=O)NC2CC2)cc1. The molecule has 1 atom stereocenters. The number of amides is 3. The third-order valence-electron chi connectivity index (χ3n) is 3.35. The highest BCUT2D eigenvalue weighted by atomic mass is 16.5.